The predicted octanol–water partition coefficient (Wildman–Crippen LogP) is 3.58. The van der Waals surface area contributed by atoms with E-state index in [1.165, 1.54) is 24.3 Å². The first-order chi connectivity index (χ1) is 13.7. The molecule has 2 aromatic carbocycles. The maximum absolute atomic E-state index is 13.1. The van der Waals surface area contributed by atoms with Crippen molar-refractivity contribution >= 4 is 19.7 Å². The van der Waals surface area contributed by atoms with E-state index in [1.54, 1.807) is 36.4 Å². The summed E-state index contributed by atoms with van der Waals surface area (Å²) in [5.41, 5.74) is 0.930. The van der Waals surface area contributed by atoms with E-state index in [9.17, 15) is 21.9 Å². The molecule has 0 aliphatic carbocycles. The number of hydrogen-bond donors (Lipinski definition) is 1. The Morgan fingerprint density at radius 1 is 0.793 bits per heavy atom. The van der Waals surface area contributed by atoms with Crippen LogP contribution in [0.1, 0.15) is 19.3 Å². The van der Waals surface area contributed by atoms with Gasteiger partial charge in [0.2, 0.25) is 0 Å². The lowest BCUT2D eigenvalue weighted by molar-refractivity contribution is 0.326. The fraction of sp³-hybridized carbons (Fsp3) is 0.273. The fourth-order valence-corrected chi connectivity index (χ4v) is 6.13. The third kappa shape index (κ3) is 6.39. The van der Waals surface area contributed by atoms with Gasteiger partial charge in [0.15, 0.2) is 19.7 Å². The van der Waals surface area contributed by atoms with Gasteiger partial charge in [-0.1, -0.05) is 60.7 Å². The van der Waals surface area contributed by atoms with Gasteiger partial charge in [-0.15, -0.1) is 0 Å². The number of aliphatic hydroxyl groups excluding tert-OH is 1. The first kappa shape index (κ1) is 23.1. The zero-order valence-corrected chi connectivity index (χ0v) is 17.8. The average Bonchev–Trinajstić information content (AvgIpc) is 2.73. The highest BCUT2D eigenvalue weighted by atomic mass is 32.2. The molecule has 0 heterocycles. The largest absolute Gasteiger partial charge is 0.392 e. The molecule has 0 aliphatic rings. The molecule has 7 heteroatoms. The second-order valence-corrected chi connectivity index (χ2v) is 11.3. The molecule has 0 fully saturated rings. The minimum atomic E-state index is -3.69. The smallest absolute Gasteiger partial charge is 0.181 e. The Morgan fingerprint density at radius 2 is 1.28 bits per heavy atom. The summed E-state index contributed by atoms with van der Waals surface area (Å²) >= 11 is 0. The third-order valence-electron chi connectivity index (χ3n) is 4.59. The second-order valence-electron chi connectivity index (χ2n) is 6.93. The van der Waals surface area contributed by atoms with Gasteiger partial charge >= 0.3 is 0 Å². The molecule has 1 N–H and O–H groups in total. The van der Waals surface area contributed by atoms with Gasteiger partial charge < -0.3 is 5.11 Å². The Labute approximate surface area is 173 Å². The summed E-state index contributed by atoms with van der Waals surface area (Å²) in [7, 11) is -7.16. The SMILES string of the molecule is C=C(CO)C[C@@H](CC(=C)CCS(=O)(=O)c1ccccc1)S(=O)(=O)c1ccccc1. The number of aliphatic hydroxyl groups is 1. The minimum absolute atomic E-state index is 0.0815. The summed E-state index contributed by atoms with van der Waals surface area (Å²) < 4.78 is 51.0. The number of sulfone groups is 2. The Balaban J connectivity index is 2.14. The van der Waals surface area contributed by atoms with Gasteiger partial charge in [0.05, 0.1) is 27.4 Å². The average molecular weight is 435 g/mol. The molecule has 0 radical (unpaired) electrons. The van der Waals surface area contributed by atoms with Crippen LogP contribution in [0.5, 0.6) is 0 Å². The van der Waals surface area contributed by atoms with Crippen molar-refractivity contribution < 1.29 is 21.9 Å². The van der Waals surface area contributed by atoms with Crippen LogP contribution in [0, 0.1) is 0 Å². The van der Waals surface area contributed by atoms with Gasteiger partial charge in [0, 0.05) is 0 Å². The van der Waals surface area contributed by atoms with E-state index in [1.807, 2.05) is 0 Å². The fourth-order valence-electron chi connectivity index (χ4n) is 2.93. The van der Waals surface area contributed by atoms with E-state index in [0.717, 1.165) is 0 Å². The molecule has 0 saturated heterocycles. The van der Waals surface area contributed by atoms with Crippen LogP contribution in [0.3, 0.4) is 0 Å². The van der Waals surface area contributed by atoms with Crippen LogP contribution in [-0.4, -0.2) is 39.6 Å². The summed E-state index contributed by atoms with van der Waals surface area (Å²) in [5, 5.41) is 8.43. The van der Waals surface area contributed by atoms with Crippen LogP contribution in [-0.2, 0) is 19.7 Å². The van der Waals surface area contributed by atoms with Crippen molar-refractivity contribution in [3.8, 4) is 0 Å². The molecular formula is C22H26O5S2. The van der Waals surface area contributed by atoms with E-state index in [2.05, 4.69) is 13.2 Å². The zero-order chi connectivity index (χ0) is 21.5. The molecule has 1 atom stereocenters. The molecule has 0 amide bonds. The van der Waals surface area contributed by atoms with Gasteiger partial charge in [-0.2, -0.15) is 0 Å². The van der Waals surface area contributed by atoms with Crippen LogP contribution in [0.25, 0.3) is 0 Å². The summed E-state index contributed by atoms with van der Waals surface area (Å²) in [4.78, 5) is 0.412. The predicted molar refractivity (Wildman–Crippen MR) is 115 cm³/mol. The van der Waals surface area contributed by atoms with E-state index in [0.29, 0.717) is 11.1 Å². The highest BCUT2D eigenvalue weighted by molar-refractivity contribution is 7.92. The quantitative estimate of drug-likeness (QED) is 0.546. The maximum atomic E-state index is 13.1. The summed E-state index contributed by atoms with van der Waals surface area (Å²) in [6.07, 6.45) is 0.336. The highest BCUT2D eigenvalue weighted by Crippen LogP contribution is 2.27. The number of benzene rings is 2. The monoisotopic (exact) mass is 434 g/mol. The van der Waals surface area contributed by atoms with Gasteiger partial charge in [-0.25, -0.2) is 16.8 Å². The van der Waals surface area contributed by atoms with Gasteiger partial charge in [0.1, 0.15) is 0 Å². The standard InChI is InChI=1S/C22H26O5S2/c1-18(13-14-28(24,25)20-9-5-3-6-10-20)15-22(16-19(2)17-23)29(26,27)21-11-7-4-8-12-21/h3-12,22-23H,1-2,13-17H2/t22-/m1/s1. The van der Waals surface area contributed by atoms with Gasteiger partial charge in [-0.3, -0.25) is 0 Å². The van der Waals surface area contributed by atoms with Crippen molar-refractivity contribution in [1.29, 1.82) is 0 Å². The van der Waals surface area contributed by atoms with Crippen LogP contribution in [0.4, 0.5) is 0 Å². The molecule has 0 aliphatic heterocycles. The Kier molecular flexibility index (Phi) is 7.96. The Bertz CT molecular complexity index is 1040. The molecule has 0 unspecified atom stereocenters. The van der Waals surface area contributed by atoms with Crippen molar-refractivity contribution in [1.82, 2.24) is 0 Å². The van der Waals surface area contributed by atoms with E-state index >= 15 is 0 Å². The van der Waals surface area contributed by atoms with Crippen molar-refractivity contribution in [3.05, 3.63) is 85.0 Å². The molecule has 0 saturated carbocycles. The lowest BCUT2D eigenvalue weighted by Crippen LogP contribution is -2.24. The van der Waals surface area contributed by atoms with Gasteiger partial charge in [-0.05, 0) is 43.5 Å². The maximum Gasteiger partial charge on any atom is 0.181 e. The Morgan fingerprint density at radius 3 is 1.79 bits per heavy atom. The lowest BCUT2D eigenvalue weighted by atomic mass is 10.0. The first-order valence-electron chi connectivity index (χ1n) is 9.17. The first-order valence-corrected chi connectivity index (χ1v) is 12.4. The Hall–Kier alpha value is -2.22. The van der Waals surface area contributed by atoms with Crippen LogP contribution in [0.15, 0.2) is 94.8 Å². The van der Waals surface area contributed by atoms with Crippen LogP contribution in [0.2, 0.25) is 0 Å². The topological polar surface area (TPSA) is 88.5 Å². The molecule has 0 spiro atoms. The van der Waals surface area contributed by atoms with E-state index in [-0.39, 0.29) is 41.4 Å². The molecule has 0 bridgehead atoms. The van der Waals surface area contributed by atoms with E-state index in [4.69, 9.17) is 0 Å². The molecule has 0 aromatic heterocycles. The molecule has 2 rings (SSSR count). The van der Waals surface area contributed by atoms with Crippen molar-refractivity contribution in [2.45, 2.75) is 34.3 Å². The van der Waals surface area contributed by atoms with Gasteiger partial charge in [0.25, 0.3) is 0 Å². The van der Waals surface area contributed by atoms with E-state index < -0.39 is 24.9 Å². The highest BCUT2D eigenvalue weighted by Gasteiger charge is 2.28. The number of hydrogen-bond acceptors (Lipinski definition) is 5. The van der Waals surface area contributed by atoms with Crippen LogP contribution >= 0.6 is 0 Å². The second kappa shape index (κ2) is 10.0. The number of allylic oxidation sites excluding steroid dienone is 1. The van der Waals surface area contributed by atoms with Crippen LogP contribution < -0.4 is 0 Å². The molecule has 2 aromatic rings. The molecule has 29 heavy (non-hydrogen) atoms. The molecule has 156 valence electrons. The summed E-state index contributed by atoms with van der Waals surface area (Å²) in [6.45, 7) is 7.31. The minimum Gasteiger partial charge on any atom is -0.392 e. The normalized spacial score (nSPS) is 13.0. The summed E-state index contributed by atoms with van der Waals surface area (Å²) in [5.74, 6) is -0.144. The third-order valence-corrected chi connectivity index (χ3v) is 8.47. The van der Waals surface area contributed by atoms with Crippen molar-refractivity contribution in [2.75, 3.05) is 12.4 Å². The molecule has 5 nitrogen and oxygen atoms in total. The summed E-state index contributed by atoms with van der Waals surface area (Å²) in [6, 6.07) is 16.2. The lowest BCUT2D eigenvalue weighted by Gasteiger charge is -2.20. The molecular weight excluding hydrogens is 408 g/mol. The zero-order valence-electron chi connectivity index (χ0n) is 16.2. The number of rotatable bonds is 11. The van der Waals surface area contributed by atoms with Crippen molar-refractivity contribution in [2.24, 2.45) is 0 Å². The van der Waals surface area contributed by atoms with Crippen molar-refractivity contribution in [3.63, 3.8) is 0 Å².